The minimum atomic E-state index is -0.658. The molecule has 1 saturated heterocycles. The number of halogens is 1. The molecule has 1 unspecified atom stereocenters. The van der Waals surface area contributed by atoms with Gasteiger partial charge < -0.3 is 15.2 Å². The first kappa shape index (κ1) is 11.9. The Kier molecular flexibility index (Phi) is 3.28. The van der Waals surface area contributed by atoms with Gasteiger partial charge in [0, 0.05) is 24.1 Å². The van der Waals surface area contributed by atoms with Gasteiger partial charge in [-0.1, -0.05) is 6.07 Å². The normalized spacial score (nSPS) is 21.1. The molecule has 1 aliphatic heterocycles. The Balaban J connectivity index is 2.24. The Hall–Kier alpha value is -1.62. The molecule has 0 saturated carbocycles. The van der Waals surface area contributed by atoms with Crippen molar-refractivity contribution >= 4 is 5.97 Å². The number of hydrogen-bond acceptors (Lipinski definition) is 4. The summed E-state index contributed by atoms with van der Waals surface area (Å²) in [6, 6.07) is 3.83. The summed E-state index contributed by atoms with van der Waals surface area (Å²) in [5, 5.41) is 0. The monoisotopic (exact) mass is 239 g/mol. The lowest BCUT2D eigenvalue weighted by Gasteiger charge is -2.16. The lowest BCUT2D eigenvalue weighted by molar-refractivity contribution is -0.143. The number of hydrogen-bond donors (Lipinski definition) is 1. The number of carbonyl (C=O) groups is 1. The average Bonchev–Trinajstić information content (AvgIpc) is 2.64. The van der Waals surface area contributed by atoms with Crippen molar-refractivity contribution in [1.29, 1.82) is 0 Å². The van der Waals surface area contributed by atoms with Crippen molar-refractivity contribution < 1.29 is 18.7 Å². The average molecular weight is 239 g/mol. The molecule has 0 aliphatic carbocycles. The molecule has 92 valence electrons. The fourth-order valence-electron chi connectivity index (χ4n) is 1.72. The van der Waals surface area contributed by atoms with Crippen molar-refractivity contribution in [3.8, 4) is 5.75 Å². The van der Waals surface area contributed by atoms with Crippen molar-refractivity contribution in [3.63, 3.8) is 0 Å². The van der Waals surface area contributed by atoms with Crippen LogP contribution in [0.1, 0.15) is 24.9 Å². The first-order valence-corrected chi connectivity index (χ1v) is 5.46. The number of esters is 1. The first-order chi connectivity index (χ1) is 8.08. The molecule has 0 spiro atoms. The van der Waals surface area contributed by atoms with E-state index in [-0.39, 0.29) is 6.04 Å². The van der Waals surface area contributed by atoms with Crippen LogP contribution >= 0.6 is 0 Å². The minimum Gasteiger partial charge on any atom is -0.478 e. The minimum absolute atomic E-state index is 0.289. The lowest BCUT2D eigenvalue weighted by atomic mass is 10.1. The molecule has 1 aromatic carbocycles. The van der Waals surface area contributed by atoms with E-state index in [0.29, 0.717) is 24.3 Å². The van der Waals surface area contributed by atoms with Crippen molar-refractivity contribution in [1.82, 2.24) is 0 Å². The molecule has 5 heteroatoms. The molecule has 4 nitrogen and oxygen atoms in total. The van der Waals surface area contributed by atoms with Gasteiger partial charge in [-0.05, 0) is 13.0 Å². The molecule has 1 heterocycles. The highest BCUT2D eigenvalue weighted by molar-refractivity contribution is 5.76. The Bertz CT molecular complexity index is 434. The van der Waals surface area contributed by atoms with E-state index in [1.54, 1.807) is 13.0 Å². The lowest BCUT2D eigenvalue weighted by Crippen LogP contribution is -2.23. The van der Waals surface area contributed by atoms with Gasteiger partial charge in [-0.25, -0.2) is 9.18 Å². The van der Waals surface area contributed by atoms with Gasteiger partial charge in [0.15, 0.2) is 6.10 Å². The number of ether oxygens (including phenoxy) is 2. The standard InChI is InChI=1S/C12H14FNO3/c1-7(14)9-3-2-8(13)6-11(9)17-10-4-5-16-12(10)15/h2-3,6-7,10H,4-5,14H2,1H3/t7-,10?/m1/s1. The van der Waals surface area contributed by atoms with Gasteiger partial charge in [-0.15, -0.1) is 0 Å². The molecular weight excluding hydrogens is 225 g/mol. The molecule has 1 aromatic rings. The van der Waals surface area contributed by atoms with Crippen molar-refractivity contribution in [2.45, 2.75) is 25.5 Å². The predicted molar refractivity (Wildman–Crippen MR) is 59.0 cm³/mol. The van der Waals surface area contributed by atoms with Crippen LogP contribution in [-0.4, -0.2) is 18.7 Å². The summed E-state index contributed by atoms with van der Waals surface area (Å²) >= 11 is 0. The zero-order valence-corrected chi connectivity index (χ0v) is 9.48. The van der Waals surface area contributed by atoms with Gasteiger partial charge in [-0.3, -0.25) is 0 Å². The van der Waals surface area contributed by atoms with Gasteiger partial charge in [0.1, 0.15) is 11.6 Å². The van der Waals surface area contributed by atoms with E-state index in [4.69, 9.17) is 15.2 Å². The third-order valence-corrected chi connectivity index (χ3v) is 2.62. The molecule has 0 amide bonds. The second kappa shape index (κ2) is 4.71. The number of benzene rings is 1. The van der Waals surface area contributed by atoms with E-state index in [1.165, 1.54) is 12.1 Å². The van der Waals surface area contributed by atoms with E-state index < -0.39 is 17.9 Å². The molecule has 2 atom stereocenters. The molecule has 2 N–H and O–H groups in total. The maximum atomic E-state index is 13.1. The quantitative estimate of drug-likeness (QED) is 0.813. The highest BCUT2D eigenvalue weighted by Gasteiger charge is 2.29. The van der Waals surface area contributed by atoms with Gasteiger partial charge in [-0.2, -0.15) is 0 Å². The molecule has 0 bridgehead atoms. The Labute approximate surface area is 98.5 Å². The van der Waals surface area contributed by atoms with Crippen LogP contribution < -0.4 is 10.5 Å². The number of nitrogens with two attached hydrogens (primary N) is 1. The zero-order chi connectivity index (χ0) is 12.4. The van der Waals surface area contributed by atoms with Gasteiger partial charge in [0.05, 0.1) is 6.61 Å². The zero-order valence-electron chi connectivity index (χ0n) is 9.48. The maximum Gasteiger partial charge on any atom is 0.347 e. The Morgan fingerprint density at radius 1 is 1.59 bits per heavy atom. The smallest absolute Gasteiger partial charge is 0.347 e. The van der Waals surface area contributed by atoms with Gasteiger partial charge in [0.25, 0.3) is 0 Å². The highest BCUT2D eigenvalue weighted by Crippen LogP contribution is 2.27. The second-order valence-corrected chi connectivity index (χ2v) is 4.03. The Morgan fingerprint density at radius 2 is 2.35 bits per heavy atom. The molecule has 2 rings (SSSR count). The maximum absolute atomic E-state index is 13.1. The topological polar surface area (TPSA) is 61.6 Å². The van der Waals surface area contributed by atoms with Crippen molar-refractivity contribution in [2.75, 3.05) is 6.61 Å². The molecular formula is C12H14FNO3. The van der Waals surface area contributed by atoms with Crippen LogP contribution in [0, 0.1) is 5.82 Å². The number of cyclic esters (lactones) is 1. The summed E-state index contributed by atoms with van der Waals surface area (Å²) in [4.78, 5) is 11.3. The summed E-state index contributed by atoms with van der Waals surface area (Å²) < 4.78 is 23.4. The molecule has 1 aliphatic rings. The fourth-order valence-corrected chi connectivity index (χ4v) is 1.72. The summed E-state index contributed by atoms with van der Waals surface area (Å²) in [5.74, 6) is -0.524. The molecule has 0 aromatic heterocycles. The van der Waals surface area contributed by atoms with Crippen molar-refractivity contribution in [3.05, 3.63) is 29.6 Å². The SMILES string of the molecule is C[C@@H](N)c1ccc(F)cc1OC1CCOC1=O. The third-order valence-electron chi connectivity index (χ3n) is 2.62. The molecule has 17 heavy (non-hydrogen) atoms. The second-order valence-electron chi connectivity index (χ2n) is 4.03. The number of carbonyl (C=O) groups excluding carboxylic acids is 1. The summed E-state index contributed by atoms with van der Waals surface area (Å²) in [7, 11) is 0. The van der Waals surface area contributed by atoms with Crippen LogP contribution in [0.25, 0.3) is 0 Å². The molecule has 1 fully saturated rings. The summed E-state index contributed by atoms with van der Waals surface area (Å²) in [6.45, 7) is 2.11. The predicted octanol–water partition coefficient (Wildman–Crippen LogP) is 1.54. The largest absolute Gasteiger partial charge is 0.478 e. The van der Waals surface area contributed by atoms with E-state index >= 15 is 0 Å². The van der Waals surface area contributed by atoms with Crippen LogP contribution in [0.2, 0.25) is 0 Å². The van der Waals surface area contributed by atoms with Crippen molar-refractivity contribution in [2.24, 2.45) is 5.73 Å². The van der Waals surface area contributed by atoms with Gasteiger partial charge >= 0.3 is 5.97 Å². The highest BCUT2D eigenvalue weighted by atomic mass is 19.1. The Morgan fingerprint density at radius 3 is 2.94 bits per heavy atom. The van der Waals surface area contributed by atoms with Crippen LogP contribution in [0.3, 0.4) is 0 Å². The van der Waals surface area contributed by atoms with Crippen LogP contribution in [0.5, 0.6) is 5.75 Å². The van der Waals surface area contributed by atoms with Crippen LogP contribution in [-0.2, 0) is 9.53 Å². The first-order valence-electron chi connectivity index (χ1n) is 5.46. The summed E-state index contributed by atoms with van der Waals surface area (Å²) in [6.07, 6.45) is -0.178. The third kappa shape index (κ3) is 2.55. The summed E-state index contributed by atoms with van der Waals surface area (Å²) in [5.41, 5.74) is 6.43. The van der Waals surface area contributed by atoms with Gasteiger partial charge in [0.2, 0.25) is 0 Å². The van der Waals surface area contributed by atoms with E-state index in [9.17, 15) is 9.18 Å². The van der Waals surface area contributed by atoms with E-state index in [0.717, 1.165) is 0 Å². The van der Waals surface area contributed by atoms with Crippen LogP contribution in [0.4, 0.5) is 4.39 Å². The van der Waals surface area contributed by atoms with E-state index in [1.807, 2.05) is 0 Å². The van der Waals surface area contributed by atoms with Crippen LogP contribution in [0.15, 0.2) is 18.2 Å². The fraction of sp³-hybridized carbons (Fsp3) is 0.417. The van der Waals surface area contributed by atoms with E-state index in [2.05, 4.69) is 0 Å². The number of rotatable bonds is 3. The molecule has 0 radical (unpaired) electrons.